The van der Waals surface area contributed by atoms with Gasteiger partial charge in [0, 0.05) is 39.1 Å². The van der Waals surface area contributed by atoms with Crippen LogP contribution >= 0.6 is 0 Å². The van der Waals surface area contributed by atoms with Gasteiger partial charge in [-0.05, 0) is 45.5 Å². The van der Waals surface area contributed by atoms with Gasteiger partial charge in [-0.1, -0.05) is 12.2 Å². The van der Waals surface area contributed by atoms with Gasteiger partial charge in [0.05, 0.1) is 18.8 Å². The van der Waals surface area contributed by atoms with E-state index < -0.39 is 0 Å². The van der Waals surface area contributed by atoms with Crippen LogP contribution in [0.1, 0.15) is 25.5 Å². The Hall–Kier alpha value is -2.28. The molecular weight excluding hydrogens is 354 g/mol. The molecule has 28 heavy (non-hydrogen) atoms. The van der Waals surface area contributed by atoms with Crippen LogP contribution in [0.25, 0.3) is 0 Å². The molecule has 0 aliphatic carbocycles. The van der Waals surface area contributed by atoms with E-state index in [0.29, 0.717) is 6.54 Å². The largest absolute Gasteiger partial charge is 0.469 e. The summed E-state index contributed by atoms with van der Waals surface area (Å²) in [6, 6.07) is 3.95. The van der Waals surface area contributed by atoms with E-state index in [1.807, 2.05) is 24.0 Å². The van der Waals surface area contributed by atoms with Crippen molar-refractivity contribution in [3.63, 3.8) is 0 Å². The number of piperazine rings is 1. The first-order valence-corrected chi connectivity index (χ1v) is 10.2. The summed E-state index contributed by atoms with van der Waals surface area (Å²) in [6.45, 7) is 11.4. The lowest BCUT2D eigenvalue weighted by Crippen LogP contribution is -2.56. The number of carbonyl (C=O) groups excluding carboxylic acids is 1. The van der Waals surface area contributed by atoms with Crippen LogP contribution in [0.5, 0.6) is 0 Å². The van der Waals surface area contributed by atoms with Crippen LogP contribution in [0.3, 0.4) is 0 Å². The number of nitrogens with zero attached hydrogens (tertiary/aromatic N) is 4. The molecule has 3 heterocycles. The molecule has 1 atom stereocenters. The first-order chi connectivity index (χ1) is 13.5. The van der Waals surface area contributed by atoms with Crippen molar-refractivity contribution < 1.29 is 9.21 Å². The van der Waals surface area contributed by atoms with E-state index in [2.05, 4.69) is 28.7 Å². The van der Waals surface area contributed by atoms with Gasteiger partial charge >= 0.3 is 0 Å². The zero-order valence-electron chi connectivity index (χ0n) is 17.2. The van der Waals surface area contributed by atoms with Gasteiger partial charge in [0.15, 0.2) is 5.96 Å². The molecule has 3 rings (SSSR count). The number of carbonyl (C=O) groups is 1. The SMILES string of the molecule is C=C(C)CN=C(NCCc1ccco1)N1CCN(C(=O)C2CCCN2C)CC1. The molecule has 1 unspecified atom stereocenters. The van der Waals surface area contributed by atoms with Crippen molar-refractivity contribution in [2.75, 3.05) is 52.9 Å². The highest BCUT2D eigenvalue weighted by molar-refractivity contribution is 5.83. The highest BCUT2D eigenvalue weighted by Gasteiger charge is 2.33. The molecule has 1 amide bonds. The minimum atomic E-state index is 0.0644. The topological polar surface area (TPSA) is 64.3 Å². The van der Waals surface area contributed by atoms with Crippen LogP contribution in [0.15, 0.2) is 40.0 Å². The first kappa shape index (κ1) is 20.5. The van der Waals surface area contributed by atoms with Crippen molar-refractivity contribution in [2.24, 2.45) is 4.99 Å². The number of amides is 1. The zero-order valence-corrected chi connectivity index (χ0v) is 17.2. The number of hydrogen-bond donors (Lipinski definition) is 1. The lowest BCUT2D eigenvalue weighted by atomic mass is 10.1. The van der Waals surface area contributed by atoms with Gasteiger partial charge < -0.3 is 19.5 Å². The van der Waals surface area contributed by atoms with E-state index in [9.17, 15) is 4.79 Å². The Balaban J connectivity index is 1.53. The van der Waals surface area contributed by atoms with E-state index >= 15 is 0 Å². The molecule has 0 aromatic carbocycles. The molecule has 0 radical (unpaired) electrons. The Morgan fingerprint density at radius 2 is 2.04 bits per heavy atom. The van der Waals surface area contributed by atoms with E-state index in [-0.39, 0.29) is 11.9 Å². The van der Waals surface area contributed by atoms with Gasteiger partial charge in [-0.15, -0.1) is 0 Å². The fraction of sp³-hybridized carbons (Fsp3) is 0.619. The average Bonchev–Trinajstić information content (AvgIpc) is 3.35. The summed E-state index contributed by atoms with van der Waals surface area (Å²) in [6.07, 6.45) is 4.61. The summed E-state index contributed by atoms with van der Waals surface area (Å²) in [7, 11) is 2.05. The minimum Gasteiger partial charge on any atom is -0.469 e. The predicted molar refractivity (Wildman–Crippen MR) is 111 cm³/mol. The molecule has 7 heteroatoms. The molecule has 2 aliphatic rings. The first-order valence-electron chi connectivity index (χ1n) is 10.2. The Kier molecular flexibility index (Phi) is 7.14. The van der Waals surface area contributed by atoms with E-state index in [1.165, 1.54) is 0 Å². The number of aliphatic imine (C=N–C) groups is 1. The van der Waals surface area contributed by atoms with Gasteiger partial charge in [-0.25, -0.2) is 4.99 Å². The monoisotopic (exact) mass is 387 g/mol. The van der Waals surface area contributed by atoms with E-state index in [0.717, 1.165) is 75.8 Å². The molecule has 7 nitrogen and oxygen atoms in total. The van der Waals surface area contributed by atoms with Crippen LogP contribution in [0.4, 0.5) is 0 Å². The van der Waals surface area contributed by atoms with Crippen molar-refractivity contribution in [3.8, 4) is 0 Å². The summed E-state index contributed by atoms with van der Waals surface area (Å²) in [5.74, 6) is 2.13. The normalized spacial score (nSPS) is 21.2. The lowest BCUT2D eigenvalue weighted by molar-refractivity contribution is -0.136. The predicted octanol–water partition coefficient (Wildman–Crippen LogP) is 1.58. The molecule has 2 saturated heterocycles. The van der Waals surface area contributed by atoms with Crippen molar-refractivity contribution in [2.45, 2.75) is 32.2 Å². The zero-order chi connectivity index (χ0) is 19.9. The van der Waals surface area contributed by atoms with Crippen LogP contribution in [0, 0.1) is 0 Å². The summed E-state index contributed by atoms with van der Waals surface area (Å²) in [5.41, 5.74) is 1.03. The number of hydrogen-bond acceptors (Lipinski definition) is 4. The number of rotatable bonds is 6. The second-order valence-electron chi connectivity index (χ2n) is 7.80. The van der Waals surface area contributed by atoms with Gasteiger partial charge in [0.2, 0.25) is 5.91 Å². The Bertz CT molecular complexity index is 677. The fourth-order valence-electron chi connectivity index (χ4n) is 3.80. The fourth-order valence-corrected chi connectivity index (χ4v) is 3.80. The molecule has 0 bridgehead atoms. The van der Waals surface area contributed by atoms with Gasteiger partial charge in [0.1, 0.15) is 5.76 Å². The third-order valence-electron chi connectivity index (χ3n) is 5.43. The second kappa shape index (κ2) is 9.78. The smallest absolute Gasteiger partial charge is 0.240 e. The Labute approximate surface area is 168 Å². The van der Waals surface area contributed by atoms with Crippen LogP contribution in [-0.2, 0) is 11.2 Å². The van der Waals surface area contributed by atoms with Crippen molar-refractivity contribution >= 4 is 11.9 Å². The average molecular weight is 388 g/mol. The van der Waals surface area contributed by atoms with Crippen LogP contribution in [-0.4, -0.2) is 85.5 Å². The van der Waals surface area contributed by atoms with Crippen molar-refractivity contribution in [3.05, 3.63) is 36.3 Å². The number of nitrogens with one attached hydrogen (secondary N) is 1. The molecule has 2 fully saturated rings. The standard InChI is InChI=1S/C21H33N5O2/c1-17(2)16-23-21(22-9-8-18-6-5-15-28-18)26-13-11-25(12-14-26)20(27)19-7-4-10-24(19)3/h5-6,15,19H,1,4,7-14,16H2,2-3H3,(H,22,23). The lowest BCUT2D eigenvalue weighted by Gasteiger charge is -2.38. The molecular formula is C21H33N5O2. The maximum atomic E-state index is 12.8. The number of likely N-dealkylation sites (tertiary alicyclic amines) is 1. The van der Waals surface area contributed by atoms with Crippen molar-refractivity contribution in [1.82, 2.24) is 20.0 Å². The van der Waals surface area contributed by atoms with Gasteiger partial charge in [0.25, 0.3) is 0 Å². The minimum absolute atomic E-state index is 0.0644. The maximum Gasteiger partial charge on any atom is 0.240 e. The molecule has 154 valence electrons. The molecule has 2 aliphatic heterocycles. The van der Waals surface area contributed by atoms with Crippen LogP contribution in [0.2, 0.25) is 0 Å². The highest BCUT2D eigenvalue weighted by atomic mass is 16.3. The molecule has 1 aromatic rings. The third kappa shape index (κ3) is 5.38. The number of likely N-dealkylation sites (N-methyl/N-ethyl adjacent to an activating group) is 1. The molecule has 0 spiro atoms. The van der Waals surface area contributed by atoms with Gasteiger partial charge in [-0.2, -0.15) is 0 Å². The number of guanidine groups is 1. The van der Waals surface area contributed by atoms with Crippen LogP contribution < -0.4 is 5.32 Å². The summed E-state index contributed by atoms with van der Waals surface area (Å²) >= 11 is 0. The second-order valence-corrected chi connectivity index (χ2v) is 7.80. The summed E-state index contributed by atoms with van der Waals surface area (Å²) < 4.78 is 5.40. The maximum absolute atomic E-state index is 12.8. The molecule has 1 aromatic heterocycles. The highest BCUT2D eigenvalue weighted by Crippen LogP contribution is 2.18. The summed E-state index contributed by atoms with van der Waals surface area (Å²) in [4.78, 5) is 24.0. The molecule has 0 saturated carbocycles. The van der Waals surface area contributed by atoms with Gasteiger partial charge in [-0.3, -0.25) is 9.69 Å². The van der Waals surface area contributed by atoms with E-state index in [4.69, 9.17) is 9.41 Å². The number of furan rings is 1. The molecule has 1 N–H and O–H groups in total. The third-order valence-corrected chi connectivity index (χ3v) is 5.43. The Morgan fingerprint density at radius 3 is 2.64 bits per heavy atom. The quantitative estimate of drug-likeness (QED) is 0.456. The summed E-state index contributed by atoms with van der Waals surface area (Å²) in [5, 5.41) is 3.45. The van der Waals surface area contributed by atoms with Crippen molar-refractivity contribution in [1.29, 1.82) is 0 Å². The van der Waals surface area contributed by atoms with E-state index in [1.54, 1.807) is 6.26 Å². The Morgan fingerprint density at radius 1 is 1.29 bits per heavy atom.